The zero-order valence-electron chi connectivity index (χ0n) is 14.4. The summed E-state index contributed by atoms with van der Waals surface area (Å²) in [5.41, 5.74) is 0. The number of nitrogens with zero attached hydrogens (tertiary/aromatic N) is 1. The van der Waals surface area contributed by atoms with Crippen molar-refractivity contribution in [3.63, 3.8) is 0 Å². The average Bonchev–Trinajstić information content (AvgIpc) is 2.38. The highest BCUT2D eigenvalue weighted by molar-refractivity contribution is 5.78. The smallest absolute Gasteiger partial charge is 0.234 e. The number of carbonyl (C=O) groups excluding carboxylic acids is 1. The van der Waals surface area contributed by atoms with E-state index in [1.54, 1.807) is 0 Å². The molecule has 21 heavy (non-hydrogen) atoms. The van der Waals surface area contributed by atoms with Crippen LogP contribution in [0.4, 0.5) is 0 Å². The minimum atomic E-state index is 0.130. The van der Waals surface area contributed by atoms with Crippen LogP contribution in [0.25, 0.3) is 0 Å². The van der Waals surface area contributed by atoms with Crippen molar-refractivity contribution in [3.05, 3.63) is 0 Å². The van der Waals surface area contributed by atoms with E-state index in [0.29, 0.717) is 12.6 Å². The maximum atomic E-state index is 12.0. The highest BCUT2D eigenvalue weighted by atomic mass is 16.5. The molecule has 2 unspecified atom stereocenters. The van der Waals surface area contributed by atoms with Gasteiger partial charge in [-0.15, -0.1) is 0 Å². The summed E-state index contributed by atoms with van der Waals surface area (Å²) in [6.45, 7) is 8.78. The van der Waals surface area contributed by atoms with E-state index in [4.69, 9.17) is 4.74 Å². The summed E-state index contributed by atoms with van der Waals surface area (Å²) < 4.78 is 5.71. The fourth-order valence-corrected chi connectivity index (χ4v) is 2.83. The lowest BCUT2D eigenvalue weighted by Crippen LogP contribution is -2.42. The van der Waals surface area contributed by atoms with Crippen LogP contribution in [-0.4, -0.2) is 49.7 Å². The van der Waals surface area contributed by atoms with Crippen LogP contribution in [0.15, 0.2) is 0 Å². The molecule has 1 heterocycles. The lowest BCUT2D eigenvalue weighted by atomic mass is 10.0. The second-order valence-corrected chi connectivity index (χ2v) is 6.98. The Hall–Kier alpha value is -0.610. The molecule has 0 saturated carbocycles. The van der Waals surface area contributed by atoms with E-state index in [-0.39, 0.29) is 11.9 Å². The molecule has 1 rings (SSSR count). The predicted octanol–water partition coefficient (Wildman–Crippen LogP) is 2.82. The minimum absolute atomic E-state index is 0.130. The van der Waals surface area contributed by atoms with Gasteiger partial charge in [0.1, 0.15) is 0 Å². The molecule has 1 saturated heterocycles. The average molecular weight is 298 g/mol. The second-order valence-electron chi connectivity index (χ2n) is 6.98. The summed E-state index contributed by atoms with van der Waals surface area (Å²) in [6.07, 6.45) is 7.34. The molecule has 1 aliphatic rings. The lowest BCUT2D eigenvalue weighted by Gasteiger charge is -2.27. The van der Waals surface area contributed by atoms with Crippen molar-refractivity contribution in [1.82, 2.24) is 10.2 Å². The maximum absolute atomic E-state index is 12.0. The topological polar surface area (TPSA) is 41.6 Å². The molecule has 2 atom stereocenters. The first-order valence-corrected chi connectivity index (χ1v) is 8.57. The van der Waals surface area contributed by atoms with Crippen molar-refractivity contribution in [2.45, 2.75) is 71.4 Å². The van der Waals surface area contributed by atoms with Crippen molar-refractivity contribution in [1.29, 1.82) is 0 Å². The molecule has 0 bridgehead atoms. The van der Waals surface area contributed by atoms with Crippen LogP contribution in [-0.2, 0) is 9.53 Å². The Morgan fingerprint density at radius 1 is 1.29 bits per heavy atom. The van der Waals surface area contributed by atoms with Crippen LogP contribution in [0.2, 0.25) is 0 Å². The second kappa shape index (κ2) is 10.2. The summed E-state index contributed by atoms with van der Waals surface area (Å²) in [5.74, 6) is 0.875. The summed E-state index contributed by atoms with van der Waals surface area (Å²) in [4.78, 5) is 14.1. The normalized spacial score (nSPS) is 20.8. The van der Waals surface area contributed by atoms with E-state index >= 15 is 0 Å². The van der Waals surface area contributed by atoms with Crippen molar-refractivity contribution in [2.75, 3.05) is 26.7 Å². The fraction of sp³-hybridized carbons (Fsp3) is 0.941. The third kappa shape index (κ3) is 9.10. The molecule has 4 nitrogen and oxygen atoms in total. The molecule has 0 spiro atoms. The van der Waals surface area contributed by atoms with Gasteiger partial charge in [-0.05, 0) is 45.6 Å². The van der Waals surface area contributed by atoms with Gasteiger partial charge >= 0.3 is 0 Å². The van der Waals surface area contributed by atoms with E-state index in [1.165, 1.54) is 25.7 Å². The fourth-order valence-electron chi connectivity index (χ4n) is 2.83. The summed E-state index contributed by atoms with van der Waals surface area (Å²) in [6, 6.07) is 0.274. The molecule has 0 radical (unpaired) electrons. The quantitative estimate of drug-likeness (QED) is 0.711. The molecular formula is C17H34N2O2. The number of hydrogen-bond acceptors (Lipinski definition) is 3. The zero-order chi connectivity index (χ0) is 15.7. The van der Waals surface area contributed by atoms with E-state index in [9.17, 15) is 4.79 Å². The van der Waals surface area contributed by atoms with Gasteiger partial charge in [-0.25, -0.2) is 0 Å². The maximum Gasteiger partial charge on any atom is 0.234 e. The third-order valence-corrected chi connectivity index (χ3v) is 4.03. The molecule has 4 heteroatoms. The summed E-state index contributed by atoms with van der Waals surface area (Å²) in [5, 5.41) is 3.10. The Morgan fingerprint density at radius 2 is 2.05 bits per heavy atom. The molecule has 0 aromatic heterocycles. The van der Waals surface area contributed by atoms with E-state index in [0.717, 1.165) is 31.9 Å². The summed E-state index contributed by atoms with van der Waals surface area (Å²) >= 11 is 0. The first kappa shape index (κ1) is 18.4. The molecule has 1 amide bonds. The van der Waals surface area contributed by atoms with Gasteiger partial charge in [-0.2, -0.15) is 0 Å². The highest BCUT2D eigenvalue weighted by Gasteiger charge is 2.17. The molecule has 1 aliphatic heterocycles. The summed E-state index contributed by atoms with van der Waals surface area (Å²) in [7, 11) is 2.00. The van der Waals surface area contributed by atoms with Crippen LogP contribution >= 0.6 is 0 Å². The van der Waals surface area contributed by atoms with Crippen LogP contribution in [0.1, 0.15) is 59.3 Å². The van der Waals surface area contributed by atoms with Gasteiger partial charge in [0, 0.05) is 19.2 Å². The molecule has 1 N–H and O–H groups in total. The van der Waals surface area contributed by atoms with Gasteiger partial charge in [0.15, 0.2) is 0 Å². The molecule has 0 aromatic rings. The largest absolute Gasteiger partial charge is 0.377 e. The van der Waals surface area contributed by atoms with Crippen LogP contribution in [0.5, 0.6) is 0 Å². The number of likely N-dealkylation sites (N-methyl/N-ethyl adjacent to an activating group) is 1. The van der Waals surface area contributed by atoms with Gasteiger partial charge in [0.2, 0.25) is 5.91 Å². The number of hydrogen-bond donors (Lipinski definition) is 1. The van der Waals surface area contributed by atoms with Crippen LogP contribution < -0.4 is 5.32 Å². The standard InChI is InChI=1S/C17H34N2O2/c1-14(2)8-7-9-15(3)18-17(20)13-19(4)12-16-10-5-6-11-21-16/h14-16H,5-13H2,1-4H3,(H,18,20). The van der Waals surface area contributed by atoms with E-state index < -0.39 is 0 Å². The van der Waals surface area contributed by atoms with Crippen LogP contribution in [0, 0.1) is 5.92 Å². The van der Waals surface area contributed by atoms with Crippen molar-refractivity contribution in [3.8, 4) is 0 Å². The molecular weight excluding hydrogens is 264 g/mol. The monoisotopic (exact) mass is 298 g/mol. The van der Waals surface area contributed by atoms with Crippen molar-refractivity contribution in [2.24, 2.45) is 5.92 Å². The molecule has 124 valence electrons. The predicted molar refractivity (Wildman–Crippen MR) is 87.4 cm³/mol. The van der Waals surface area contributed by atoms with Gasteiger partial charge in [-0.1, -0.05) is 26.7 Å². The number of nitrogens with one attached hydrogen (secondary N) is 1. The van der Waals surface area contributed by atoms with Crippen molar-refractivity contribution < 1.29 is 9.53 Å². The number of ether oxygens (including phenoxy) is 1. The Balaban J connectivity index is 2.13. The van der Waals surface area contributed by atoms with Crippen molar-refractivity contribution >= 4 is 5.91 Å². The SMILES string of the molecule is CC(C)CCCC(C)NC(=O)CN(C)CC1CCCCO1. The molecule has 1 fully saturated rings. The molecule has 0 aliphatic carbocycles. The van der Waals surface area contributed by atoms with E-state index in [2.05, 4.69) is 31.0 Å². The zero-order valence-corrected chi connectivity index (χ0v) is 14.4. The van der Waals surface area contributed by atoms with Gasteiger partial charge in [0.05, 0.1) is 12.6 Å². The Bertz CT molecular complexity index is 289. The first-order valence-electron chi connectivity index (χ1n) is 8.57. The molecule has 0 aromatic carbocycles. The Kier molecular flexibility index (Phi) is 8.93. The van der Waals surface area contributed by atoms with E-state index in [1.807, 2.05) is 7.05 Å². The number of amides is 1. The van der Waals surface area contributed by atoms with Crippen LogP contribution in [0.3, 0.4) is 0 Å². The Morgan fingerprint density at radius 3 is 2.67 bits per heavy atom. The van der Waals surface area contributed by atoms with Gasteiger partial charge in [-0.3, -0.25) is 9.69 Å². The third-order valence-electron chi connectivity index (χ3n) is 4.03. The van der Waals surface area contributed by atoms with Gasteiger partial charge < -0.3 is 10.1 Å². The highest BCUT2D eigenvalue weighted by Crippen LogP contribution is 2.13. The number of rotatable bonds is 9. The number of carbonyl (C=O) groups is 1. The minimum Gasteiger partial charge on any atom is -0.377 e. The Labute approximate surface area is 130 Å². The first-order chi connectivity index (χ1) is 9.97. The van der Waals surface area contributed by atoms with Gasteiger partial charge in [0.25, 0.3) is 0 Å². The lowest BCUT2D eigenvalue weighted by molar-refractivity contribution is -0.123.